The molecule has 0 bridgehead atoms. The van der Waals surface area contributed by atoms with Crippen LogP contribution in [0.5, 0.6) is 0 Å². The van der Waals surface area contributed by atoms with Gasteiger partial charge in [0.05, 0.1) is 17.6 Å². The average Bonchev–Trinajstić information content (AvgIpc) is 2.31. The van der Waals surface area contributed by atoms with Crippen LogP contribution in [0.4, 0.5) is 20.2 Å². The van der Waals surface area contributed by atoms with Gasteiger partial charge in [-0.05, 0) is 6.07 Å². The van der Waals surface area contributed by atoms with Gasteiger partial charge in [0.15, 0.2) is 17.3 Å². The van der Waals surface area contributed by atoms with Crippen LogP contribution in [0.3, 0.4) is 0 Å². The molecule has 0 saturated heterocycles. The SMILES string of the molecule is COCC(O)CN(C)c1c([N+](=O)[O-])ccc(F)c1F. The molecule has 1 unspecified atom stereocenters. The highest BCUT2D eigenvalue weighted by Gasteiger charge is 2.25. The second kappa shape index (κ2) is 6.39. The van der Waals surface area contributed by atoms with Gasteiger partial charge in [-0.15, -0.1) is 0 Å². The van der Waals surface area contributed by atoms with Gasteiger partial charge < -0.3 is 14.7 Å². The van der Waals surface area contributed by atoms with Gasteiger partial charge in [-0.25, -0.2) is 8.78 Å². The molecule has 0 spiro atoms. The summed E-state index contributed by atoms with van der Waals surface area (Å²) in [6, 6.07) is 1.57. The Balaban J connectivity index is 3.09. The number of aliphatic hydroxyl groups excluding tert-OH is 1. The molecule has 0 aliphatic carbocycles. The van der Waals surface area contributed by atoms with E-state index in [1.165, 1.54) is 14.2 Å². The zero-order valence-corrected chi connectivity index (χ0v) is 10.5. The molecule has 0 aromatic heterocycles. The second-order valence-corrected chi connectivity index (χ2v) is 3.98. The molecule has 0 saturated carbocycles. The topological polar surface area (TPSA) is 75.8 Å². The van der Waals surface area contributed by atoms with Crippen molar-refractivity contribution in [2.24, 2.45) is 0 Å². The zero-order valence-electron chi connectivity index (χ0n) is 10.5. The first-order valence-electron chi connectivity index (χ1n) is 5.39. The first-order chi connectivity index (χ1) is 8.88. The number of nitro benzene ring substituents is 1. The highest BCUT2D eigenvalue weighted by Crippen LogP contribution is 2.31. The van der Waals surface area contributed by atoms with E-state index in [2.05, 4.69) is 0 Å². The molecule has 6 nitrogen and oxygen atoms in total. The summed E-state index contributed by atoms with van der Waals surface area (Å²) in [5.41, 5.74) is -1.06. The molecule has 1 aromatic carbocycles. The lowest BCUT2D eigenvalue weighted by atomic mass is 10.2. The highest BCUT2D eigenvalue weighted by atomic mass is 19.2. The Kier molecular flexibility index (Phi) is 5.13. The summed E-state index contributed by atoms with van der Waals surface area (Å²) in [7, 11) is 2.69. The number of halogens is 2. The molecular formula is C11H14F2N2O4. The molecule has 0 aliphatic heterocycles. The zero-order chi connectivity index (χ0) is 14.6. The molecule has 0 aliphatic rings. The predicted molar refractivity (Wildman–Crippen MR) is 64.2 cm³/mol. The number of ether oxygens (including phenoxy) is 1. The first kappa shape index (κ1) is 15.3. The van der Waals surface area contributed by atoms with E-state index in [-0.39, 0.29) is 13.2 Å². The van der Waals surface area contributed by atoms with E-state index >= 15 is 0 Å². The maximum absolute atomic E-state index is 13.7. The lowest BCUT2D eigenvalue weighted by Gasteiger charge is -2.22. The number of aliphatic hydroxyl groups is 1. The summed E-state index contributed by atoms with van der Waals surface area (Å²) in [5.74, 6) is -2.50. The van der Waals surface area contributed by atoms with Crippen LogP contribution in [0.25, 0.3) is 0 Å². The molecule has 1 N–H and O–H groups in total. The third kappa shape index (κ3) is 3.58. The molecule has 0 heterocycles. The van der Waals surface area contributed by atoms with E-state index in [1.807, 2.05) is 0 Å². The molecule has 106 valence electrons. The Bertz CT molecular complexity index is 470. The van der Waals surface area contributed by atoms with Gasteiger partial charge in [-0.2, -0.15) is 0 Å². The molecule has 1 rings (SSSR count). The lowest BCUT2D eigenvalue weighted by Crippen LogP contribution is -2.33. The summed E-state index contributed by atoms with van der Waals surface area (Å²) >= 11 is 0. The minimum atomic E-state index is -1.32. The average molecular weight is 276 g/mol. The van der Waals surface area contributed by atoms with Crippen molar-refractivity contribution in [1.82, 2.24) is 0 Å². The second-order valence-electron chi connectivity index (χ2n) is 3.98. The van der Waals surface area contributed by atoms with Crippen molar-refractivity contribution < 1.29 is 23.5 Å². The van der Waals surface area contributed by atoms with Crippen LogP contribution in [0, 0.1) is 21.7 Å². The van der Waals surface area contributed by atoms with Crippen molar-refractivity contribution in [3.63, 3.8) is 0 Å². The Hall–Kier alpha value is -1.80. The fourth-order valence-corrected chi connectivity index (χ4v) is 1.69. The number of hydrogen-bond acceptors (Lipinski definition) is 5. The smallest absolute Gasteiger partial charge is 0.295 e. The number of rotatable bonds is 6. The van der Waals surface area contributed by atoms with Crippen LogP contribution in [-0.2, 0) is 4.74 Å². The highest BCUT2D eigenvalue weighted by molar-refractivity contribution is 5.64. The van der Waals surface area contributed by atoms with Crippen molar-refractivity contribution in [3.05, 3.63) is 33.9 Å². The number of hydrogen-bond donors (Lipinski definition) is 1. The van der Waals surface area contributed by atoms with E-state index < -0.39 is 34.0 Å². The van der Waals surface area contributed by atoms with Gasteiger partial charge in [0, 0.05) is 26.8 Å². The van der Waals surface area contributed by atoms with Crippen LogP contribution in [0.1, 0.15) is 0 Å². The number of nitrogens with zero attached hydrogens (tertiary/aromatic N) is 2. The van der Waals surface area contributed by atoms with Gasteiger partial charge in [-0.1, -0.05) is 0 Å². The Morgan fingerprint density at radius 1 is 1.53 bits per heavy atom. The normalized spacial score (nSPS) is 12.3. The Labute approximate surface area is 108 Å². The molecule has 0 fully saturated rings. The molecule has 0 amide bonds. The maximum atomic E-state index is 13.7. The Morgan fingerprint density at radius 2 is 2.16 bits per heavy atom. The summed E-state index contributed by atoms with van der Waals surface area (Å²) in [6.07, 6.45) is -0.975. The fourth-order valence-electron chi connectivity index (χ4n) is 1.69. The summed E-state index contributed by atoms with van der Waals surface area (Å²) < 4.78 is 31.5. The summed E-state index contributed by atoms with van der Waals surface area (Å²) in [4.78, 5) is 11.1. The van der Waals surface area contributed by atoms with Crippen LogP contribution in [-0.4, -0.2) is 43.4 Å². The van der Waals surface area contributed by atoms with Crippen molar-refractivity contribution in [3.8, 4) is 0 Å². The molecule has 19 heavy (non-hydrogen) atoms. The third-order valence-electron chi connectivity index (χ3n) is 2.47. The van der Waals surface area contributed by atoms with E-state index in [1.54, 1.807) is 0 Å². The number of benzene rings is 1. The summed E-state index contributed by atoms with van der Waals surface area (Å²) in [5, 5.41) is 20.3. The van der Waals surface area contributed by atoms with E-state index in [4.69, 9.17) is 4.74 Å². The largest absolute Gasteiger partial charge is 0.389 e. The third-order valence-corrected chi connectivity index (χ3v) is 2.47. The fraction of sp³-hybridized carbons (Fsp3) is 0.455. The van der Waals surface area contributed by atoms with Gasteiger partial charge in [0.1, 0.15) is 0 Å². The van der Waals surface area contributed by atoms with Crippen LogP contribution < -0.4 is 4.90 Å². The number of likely N-dealkylation sites (N-methyl/N-ethyl adjacent to an activating group) is 1. The van der Waals surface area contributed by atoms with Crippen LogP contribution in [0.2, 0.25) is 0 Å². The Morgan fingerprint density at radius 3 is 2.68 bits per heavy atom. The minimum Gasteiger partial charge on any atom is -0.389 e. The standard InChI is InChI=1S/C11H14F2N2O4/c1-14(5-7(16)6-19-2)11-9(15(17)18)4-3-8(12)10(11)13/h3-4,7,16H,5-6H2,1-2H3. The first-order valence-corrected chi connectivity index (χ1v) is 5.39. The van der Waals surface area contributed by atoms with Gasteiger partial charge in [-0.3, -0.25) is 10.1 Å². The van der Waals surface area contributed by atoms with E-state index in [0.717, 1.165) is 11.0 Å². The van der Waals surface area contributed by atoms with Crippen LogP contribution >= 0.6 is 0 Å². The van der Waals surface area contributed by atoms with Crippen molar-refractivity contribution in [2.45, 2.75) is 6.10 Å². The van der Waals surface area contributed by atoms with Crippen molar-refractivity contribution in [2.75, 3.05) is 32.2 Å². The van der Waals surface area contributed by atoms with Crippen molar-refractivity contribution >= 4 is 11.4 Å². The van der Waals surface area contributed by atoms with Gasteiger partial charge in [0.2, 0.25) is 0 Å². The molecule has 1 aromatic rings. The number of anilines is 1. The monoisotopic (exact) mass is 276 g/mol. The van der Waals surface area contributed by atoms with E-state index in [0.29, 0.717) is 6.07 Å². The lowest BCUT2D eigenvalue weighted by molar-refractivity contribution is -0.384. The predicted octanol–water partition coefficient (Wildman–Crippen LogP) is 1.32. The molecule has 8 heteroatoms. The number of nitro groups is 1. The minimum absolute atomic E-state index is 0.0188. The van der Waals surface area contributed by atoms with Gasteiger partial charge in [0.25, 0.3) is 5.69 Å². The van der Waals surface area contributed by atoms with Crippen LogP contribution in [0.15, 0.2) is 12.1 Å². The molecule has 0 radical (unpaired) electrons. The van der Waals surface area contributed by atoms with Crippen molar-refractivity contribution in [1.29, 1.82) is 0 Å². The number of methoxy groups -OCH3 is 1. The molecular weight excluding hydrogens is 262 g/mol. The quantitative estimate of drug-likeness (QED) is 0.626. The molecule has 1 atom stereocenters. The van der Waals surface area contributed by atoms with Gasteiger partial charge >= 0.3 is 0 Å². The summed E-state index contributed by atoms with van der Waals surface area (Å²) in [6.45, 7) is -0.149. The van der Waals surface area contributed by atoms with E-state index in [9.17, 15) is 24.0 Å². The maximum Gasteiger partial charge on any atom is 0.295 e.